The molecular formula is C24H30N2O5S. The molecule has 2 aliphatic heterocycles. The molecule has 8 heteroatoms. The number of ether oxygens (including phenoxy) is 2. The summed E-state index contributed by atoms with van der Waals surface area (Å²) in [6, 6.07) is 10.9. The second-order valence-electron chi connectivity index (χ2n) is 8.48. The SMILES string of the molecule is COc1cc2c(cc1OC)CN(C(=O)C1CCN(S(=O)(=O)c3ccc(C)cc3)CC1)CC2. The Morgan fingerprint density at radius 1 is 0.938 bits per heavy atom. The lowest BCUT2D eigenvalue weighted by Gasteiger charge is -2.36. The Morgan fingerprint density at radius 2 is 1.53 bits per heavy atom. The molecule has 0 N–H and O–H groups in total. The van der Waals surface area contributed by atoms with E-state index in [1.165, 1.54) is 9.87 Å². The zero-order valence-corrected chi connectivity index (χ0v) is 19.7. The summed E-state index contributed by atoms with van der Waals surface area (Å²) in [6.07, 6.45) is 1.85. The number of fused-ring (bicyclic) bond motifs is 1. The summed E-state index contributed by atoms with van der Waals surface area (Å²) in [6.45, 7) is 3.85. The third-order valence-electron chi connectivity index (χ3n) is 6.49. The van der Waals surface area contributed by atoms with E-state index in [0.717, 1.165) is 17.5 Å². The normalized spacial score (nSPS) is 17.7. The predicted molar refractivity (Wildman–Crippen MR) is 121 cm³/mol. The molecule has 2 heterocycles. The molecule has 0 saturated carbocycles. The molecule has 0 spiro atoms. The maximum absolute atomic E-state index is 13.2. The van der Waals surface area contributed by atoms with Crippen LogP contribution in [0.4, 0.5) is 0 Å². The van der Waals surface area contributed by atoms with Gasteiger partial charge in [0.25, 0.3) is 0 Å². The topological polar surface area (TPSA) is 76.2 Å². The van der Waals surface area contributed by atoms with Gasteiger partial charge in [-0.25, -0.2) is 8.42 Å². The third kappa shape index (κ3) is 4.34. The minimum Gasteiger partial charge on any atom is -0.493 e. The van der Waals surface area contributed by atoms with E-state index in [0.29, 0.717) is 55.4 Å². The number of sulfonamides is 1. The van der Waals surface area contributed by atoms with Gasteiger partial charge in [-0.05, 0) is 61.6 Å². The molecule has 4 rings (SSSR count). The van der Waals surface area contributed by atoms with Crippen molar-refractivity contribution in [1.82, 2.24) is 9.21 Å². The average Bonchev–Trinajstić information content (AvgIpc) is 2.82. The number of benzene rings is 2. The molecule has 0 aromatic heterocycles. The Labute approximate surface area is 190 Å². The van der Waals surface area contributed by atoms with Gasteiger partial charge in [0.05, 0.1) is 19.1 Å². The van der Waals surface area contributed by atoms with E-state index in [1.807, 2.05) is 36.1 Å². The van der Waals surface area contributed by atoms with Crippen LogP contribution < -0.4 is 9.47 Å². The van der Waals surface area contributed by atoms with E-state index in [-0.39, 0.29) is 11.8 Å². The van der Waals surface area contributed by atoms with Gasteiger partial charge in [-0.1, -0.05) is 17.7 Å². The van der Waals surface area contributed by atoms with E-state index < -0.39 is 10.0 Å². The molecule has 2 aromatic rings. The van der Waals surface area contributed by atoms with Crippen LogP contribution in [0, 0.1) is 12.8 Å². The minimum absolute atomic E-state index is 0.109. The summed E-state index contributed by atoms with van der Waals surface area (Å²) in [4.78, 5) is 15.4. The van der Waals surface area contributed by atoms with Crippen molar-refractivity contribution in [2.75, 3.05) is 33.9 Å². The lowest BCUT2D eigenvalue weighted by atomic mass is 9.93. The smallest absolute Gasteiger partial charge is 0.243 e. The van der Waals surface area contributed by atoms with Crippen molar-refractivity contribution in [2.45, 2.75) is 37.6 Å². The van der Waals surface area contributed by atoms with Crippen LogP contribution in [0.25, 0.3) is 0 Å². The van der Waals surface area contributed by atoms with Crippen LogP contribution in [0.3, 0.4) is 0 Å². The van der Waals surface area contributed by atoms with Gasteiger partial charge < -0.3 is 14.4 Å². The predicted octanol–water partition coefficient (Wildman–Crippen LogP) is 3.00. The number of piperidine rings is 1. The van der Waals surface area contributed by atoms with E-state index in [1.54, 1.807) is 26.4 Å². The summed E-state index contributed by atoms with van der Waals surface area (Å²) in [5, 5.41) is 0. The molecular weight excluding hydrogens is 428 g/mol. The Balaban J connectivity index is 1.40. The molecule has 2 aromatic carbocycles. The quantitative estimate of drug-likeness (QED) is 0.689. The first-order chi connectivity index (χ1) is 15.3. The standard InChI is InChI=1S/C24H30N2O5S/c1-17-4-6-21(7-5-17)32(28,29)26-12-9-18(10-13-26)24(27)25-11-8-19-14-22(30-2)23(31-3)15-20(19)16-25/h4-7,14-15,18H,8-13,16H2,1-3H3. The van der Waals surface area contributed by atoms with E-state index >= 15 is 0 Å². The zero-order valence-electron chi connectivity index (χ0n) is 18.8. The highest BCUT2D eigenvalue weighted by Crippen LogP contribution is 2.34. The van der Waals surface area contributed by atoms with Crippen molar-refractivity contribution in [3.8, 4) is 11.5 Å². The highest BCUT2D eigenvalue weighted by atomic mass is 32.2. The Morgan fingerprint density at radius 3 is 2.12 bits per heavy atom. The van der Waals surface area contributed by atoms with Crippen LogP contribution in [0.2, 0.25) is 0 Å². The molecule has 0 aliphatic carbocycles. The van der Waals surface area contributed by atoms with Crippen molar-refractivity contribution >= 4 is 15.9 Å². The number of hydrogen-bond acceptors (Lipinski definition) is 5. The molecule has 1 amide bonds. The van der Waals surface area contributed by atoms with Gasteiger partial charge in [0.1, 0.15) is 0 Å². The van der Waals surface area contributed by atoms with Crippen molar-refractivity contribution in [3.05, 3.63) is 53.1 Å². The monoisotopic (exact) mass is 458 g/mol. The molecule has 0 unspecified atom stereocenters. The van der Waals surface area contributed by atoms with Crippen LogP contribution >= 0.6 is 0 Å². The van der Waals surface area contributed by atoms with Crippen LogP contribution in [-0.2, 0) is 27.8 Å². The maximum atomic E-state index is 13.2. The molecule has 0 radical (unpaired) electrons. The average molecular weight is 459 g/mol. The van der Waals surface area contributed by atoms with Gasteiger partial charge >= 0.3 is 0 Å². The molecule has 1 fully saturated rings. The lowest BCUT2D eigenvalue weighted by Crippen LogP contribution is -2.45. The van der Waals surface area contributed by atoms with E-state index in [4.69, 9.17) is 9.47 Å². The molecule has 2 aliphatic rings. The highest BCUT2D eigenvalue weighted by Gasteiger charge is 2.34. The lowest BCUT2D eigenvalue weighted by molar-refractivity contribution is -0.137. The van der Waals surface area contributed by atoms with E-state index in [9.17, 15) is 13.2 Å². The van der Waals surface area contributed by atoms with Gasteiger partial charge in [0, 0.05) is 32.1 Å². The first-order valence-electron chi connectivity index (χ1n) is 10.9. The first kappa shape index (κ1) is 22.6. The number of carbonyl (C=O) groups excluding carboxylic acids is 1. The summed E-state index contributed by atoms with van der Waals surface area (Å²) >= 11 is 0. The number of amides is 1. The van der Waals surface area contributed by atoms with Gasteiger partial charge in [-0.3, -0.25) is 4.79 Å². The molecule has 172 valence electrons. The second-order valence-corrected chi connectivity index (χ2v) is 10.4. The fourth-order valence-corrected chi connectivity index (χ4v) is 6.00. The van der Waals surface area contributed by atoms with Crippen LogP contribution in [0.5, 0.6) is 11.5 Å². The summed E-state index contributed by atoms with van der Waals surface area (Å²) in [5.41, 5.74) is 3.26. The van der Waals surface area contributed by atoms with Crippen molar-refractivity contribution in [1.29, 1.82) is 0 Å². The second kappa shape index (κ2) is 9.11. The Kier molecular flexibility index (Phi) is 6.44. The maximum Gasteiger partial charge on any atom is 0.243 e. The molecule has 0 atom stereocenters. The van der Waals surface area contributed by atoms with Crippen molar-refractivity contribution < 1.29 is 22.7 Å². The zero-order chi connectivity index (χ0) is 22.9. The number of hydrogen-bond donors (Lipinski definition) is 0. The van der Waals surface area contributed by atoms with Gasteiger partial charge in [0.15, 0.2) is 11.5 Å². The van der Waals surface area contributed by atoms with Crippen LogP contribution in [0.15, 0.2) is 41.3 Å². The van der Waals surface area contributed by atoms with Crippen LogP contribution in [-0.4, -0.2) is 57.4 Å². The third-order valence-corrected chi connectivity index (χ3v) is 8.40. The van der Waals surface area contributed by atoms with E-state index in [2.05, 4.69) is 0 Å². The molecule has 0 bridgehead atoms. The summed E-state index contributed by atoms with van der Waals surface area (Å²) in [5.74, 6) is 1.32. The number of methoxy groups -OCH3 is 2. The van der Waals surface area contributed by atoms with Crippen molar-refractivity contribution in [3.63, 3.8) is 0 Å². The number of nitrogens with zero attached hydrogens (tertiary/aromatic N) is 2. The Bertz CT molecular complexity index is 1090. The fraction of sp³-hybridized carbons (Fsp3) is 0.458. The minimum atomic E-state index is -3.52. The largest absolute Gasteiger partial charge is 0.493 e. The van der Waals surface area contributed by atoms with Gasteiger partial charge in [-0.2, -0.15) is 4.31 Å². The first-order valence-corrected chi connectivity index (χ1v) is 12.4. The van der Waals surface area contributed by atoms with Crippen LogP contribution in [0.1, 0.15) is 29.5 Å². The molecule has 32 heavy (non-hydrogen) atoms. The highest BCUT2D eigenvalue weighted by molar-refractivity contribution is 7.89. The summed E-state index contributed by atoms with van der Waals surface area (Å²) in [7, 11) is -0.300. The summed E-state index contributed by atoms with van der Waals surface area (Å²) < 4.78 is 38.2. The Hall–Kier alpha value is -2.58. The number of carbonyl (C=O) groups is 1. The number of rotatable bonds is 5. The molecule has 7 nitrogen and oxygen atoms in total. The van der Waals surface area contributed by atoms with Gasteiger partial charge in [-0.15, -0.1) is 0 Å². The van der Waals surface area contributed by atoms with Gasteiger partial charge in [0.2, 0.25) is 15.9 Å². The molecule has 1 saturated heterocycles. The fourth-order valence-electron chi connectivity index (χ4n) is 4.53. The number of aryl methyl sites for hydroxylation is 1. The van der Waals surface area contributed by atoms with Crippen molar-refractivity contribution in [2.24, 2.45) is 5.92 Å².